The number of likely N-dealkylation sites (N-methyl/N-ethyl adjacent to an activating group) is 1. The van der Waals surface area contributed by atoms with Crippen molar-refractivity contribution in [3.05, 3.63) is 42.0 Å². The Labute approximate surface area is 170 Å². The third-order valence-electron chi connectivity index (χ3n) is 8.39. The average Bonchev–Trinajstić information content (AvgIpc) is 3.19. The van der Waals surface area contributed by atoms with Gasteiger partial charge in [-0.15, -0.1) is 6.58 Å². The Morgan fingerprint density at radius 3 is 2.76 bits per heavy atom. The third kappa shape index (κ3) is 1.36. The molecule has 7 heteroatoms. The number of hydrogen-bond donors (Lipinski definition) is 2. The van der Waals surface area contributed by atoms with Crippen LogP contribution < -0.4 is 10.2 Å². The van der Waals surface area contributed by atoms with Crippen LogP contribution in [0.2, 0.25) is 0 Å². The van der Waals surface area contributed by atoms with E-state index < -0.39 is 52.3 Å². The van der Waals surface area contributed by atoms with E-state index in [1.165, 1.54) is 0 Å². The Hall–Kier alpha value is -2.38. The Morgan fingerprint density at radius 2 is 2.07 bits per heavy atom. The highest BCUT2D eigenvalue weighted by atomic mass is 16.6. The van der Waals surface area contributed by atoms with Crippen molar-refractivity contribution in [1.82, 2.24) is 5.32 Å². The van der Waals surface area contributed by atoms with Gasteiger partial charge in [-0.05, 0) is 11.6 Å². The van der Waals surface area contributed by atoms with Gasteiger partial charge in [-0.2, -0.15) is 0 Å². The van der Waals surface area contributed by atoms with Crippen LogP contribution in [0.5, 0.6) is 0 Å². The molecule has 3 heterocycles. The number of benzene rings is 1. The number of anilines is 1. The number of ether oxygens (including phenoxy) is 2. The number of alkyl carbamates (subject to hydrolysis) is 1. The molecule has 2 amide bonds. The first-order valence-corrected chi connectivity index (χ1v) is 9.88. The first kappa shape index (κ1) is 16.4. The molecular formula is C22H24N2O5. The maximum atomic E-state index is 13.7. The molecule has 7 atom stereocenters. The quantitative estimate of drug-likeness (QED) is 0.706. The van der Waals surface area contributed by atoms with Gasteiger partial charge in [-0.3, -0.25) is 4.79 Å². The van der Waals surface area contributed by atoms with Crippen molar-refractivity contribution in [2.24, 2.45) is 16.7 Å². The van der Waals surface area contributed by atoms with Gasteiger partial charge in [0, 0.05) is 29.4 Å². The number of carbonyl (C=O) groups excluding carboxylic acids is 2. The second-order valence-corrected chi connectivity index (χ2v) is 9.59. The molecule has 6 rings (SSSR count). The highest BCUT2D eigenvalue weighted by Crippen LogP contribution is 2.73. The van der Waals surface area contributed by atoms with Gasteiger partial charge in [0.05, 0.1) is 19.3 Å². The van der Waals surface area contributed by atoms with E-state index >= 15 is 0 Å². The van der Waals surface area contributed by atoms with Crippen molar-refractivity contribution in [2.45, 2.75) is 50.2 Å². The molecule has 7 nitrogen and oxygen atoms in total. The number of aliphatic hydroxyl groups is 1. The number of nitrogens with one attached hydrogen (secondary N) is 1. The number of nitrogens with zero attached hydrogens (tertiary/aromatic N) is 1. The van der Waals surface area contributed by atoms with Gasteiger partial charge < -0.3 is 24.8 Å². The molecule has 5 aliphatic rings. The maximum absolute atomic E-state index is 13.7. The van der Waals surface area contributed by atoms with Gasteiger partial charge in [0.15, 0.2) is 5.60 Å². The largest absolute Gasteiger partial charge is 0.443 e. The summed E-state index contributed by atoms with van der Waals surface area (Å²) in [6, 6.07) is 5.45. The van der Waals surface area contributed by atoms with E-state index in [4.69, 9.17) is 9.47 Å². The summed E-state index contributed by atoms with van der Waals surface area (Å²) in [5, 5.41) is 14.5. The van der Waals surface area contributed by atoms with E-state index in [-0.39, 0.29) is 5.91 Å². The SMILES string of the molecule is [2H][C@@]12OC(=O)NC13c1cccc4c1[C@]1(OC(C(O)C3(C)C=C)C2C1(C)C)C(=O)N4C. The fourth-order valence-electron chi connectivity index (χ4n) is 6.88. The van der Waals surface area contributed by atoms with Crippen LogP contribution in [-0.4, -0.2) is 42.4 Å². The molecule has 0 aromatic heterocycles. The minimum atomic E-state index is -1.82. The Kier molecular flexibility index (Phi) is 2.56. The van der Waals surface area contributed by atoms with Gasteiger partial charge in [-0.25, -0.2) is 4.79 Å². The van der Waals surface area contributed by atoms with E-state index in [9.17, 15) is 16.1 Å². The number of rotatable bonds is 1. The summed E-state index contributed by atoms with van der Waals surface area (Å²) < 4.78 is 21.9. The maximum Gasteiger partial charge on any atom is 0.408 e. The first-order valence-electron chi connectivity index (χ1n) is 10.4. The van der Waals surface area contributed by atoms with E-state index in [0.29, 0.717) is 16.8 Å². The number of amides is 2. The van der Waals surface area contributed by atoms with E-state index in [1.54, 1.807) is 37.1 Å². The molecule has 3 aliphatic heterocycles. The Balaban J connectivity index is 1.89. The van der Waals surface area contributed by atoms with Gasteiger partial charge in [0.25, 0.3) is 5.91 Å². The second kappa shape index (κ2) is 4.52. The van der Waals surface area contributed by atoms with Gasteiger partial charge in [0.1, 0.15) is 11.6 Å². The van der Waals surface area contributed by atoms with Crippen molar-refractivity contribution in [3.63, 3.8) is 0 Å². The lowest BCUT2D eigenvalue weighted by Gasteiger charge is -2.57. The number of aliphatic hydroxyl groups excluding tert-OH is 1. The zero-order valence-electron chi connectivity index (χ0n) is 17.8. The molecule has 0 radical (unpaired) electrons. The molecule has 3 fully saturated rings. The molecule has 2 N–H and O–H groups in total. The van der Waals surface area contributed by atoms with Crippen molar-refractivity contribution in [3.8, 4) is 0 Å². The zero-order valence-corrected chi connectivity index (χ0v) is 16.8. The molecule has 2 saturated heterocycles. The van der Waals surface area contributed by atoms with Crippen LogP contribution in [0.1, 0.15) is 33.3 Å². The lowest BCUT2D eigenvalue weighted by Crippen LogP contribution is -2.71. The number of carbonyl (C=O) groups is 2. The molecule has 3 bridgehead atoms. The predicted octanol–water partition coefficient (Wildman–Crippen LogP) is 1.78. The van der Waals surface area contributed by atoms with Crippen molar-refractivity contribution >= 4 is 17.7 Å². The van der Waals surface area contributed by atoms with Crippen molar-refractivity contribution < 1.29 is 25.5 Å². The third-order valence-corrected chi connectivity index (χ3v) is 8.39. The Bertz CT molecular complexity index is 1090. The van der Waals surface area contributed by atoms with E-state index in [2.05, 4.69) is 11.9 Å². The standard InChI is InChI=1S/C22H24N2O5/c1-6-20(4)15(25)14-13-16-21(20,23-18(27)28-16)10-8-7-9-11-12(10)22(29-14,19(13,2)3)17(26)24(11)5/h6-9,13-16,25H,1H2,2-5H3,(H,23,27)/t13?,14?,15?,16-,20?,21?,22-/m0/s1/i16D. The van der Waals surface area contributed by atoms with Crippen LogP contribution in [0.4, 0.5) is 10.5 Å². The fraction of sp³-hybridized carbons (Fsp3) is 0.545. The van der Waals surface area contributed by atoms with Crippen LogP contribution in [0, 0.1) is 16.7 Å². The molecule has 152 valence electrons. The summed E-state index contributed by atoms with van der Waals surface area (Å²) in [5.41, 5.74) is -3.07. The molecular weight excluding hydrogens is 372 g/mol. The van der Waals surface area contributed by atoms with Crippen LogP contribution in [0.25, 0.3) is 0 Å². The predicted molar refractivity (Wildman–Crippen MR) is 103 cm³/mol. The second-order valence-electron chi connectivity index (χ2n) is 9.59. The summed E-state index contributed by atoms with van der Waals surface area (Å²) >= 11 is 0. The van der Waals surface area contributed by atoms with Crippen LogP contribution in [0.15, 0.2) is 30.9 Å². The van der Waals surface area contributed by atoms with Crippen LogP contribution in [0.3, 0.4) is 0 Å². The van der Waals surface area contributed by atoms with Crippen molar-refractivity contribution in [1.29, 1.82) is 0 Å². The minimum Gasteiger partial charge on any atom is -0.443 e. The minimum absolute atomic E-state index is 0.234. The van der Waals surface area contributed by atoms with Crippen molar-refractivity contribution in [2.75, 3.05) is 11.9 Å². The highest BCUT2D eigenvalue weighted by Gasteiger charge is 2.84. The van der Waals surface area contributed by atoms with Crippen LogP contribution >= 0.6 is 0 Å². The average molecular weight is 397 g/mol. The molecule has 29 heavy (non-hydrogen) atoms. The van der Waals surface area contributed by atoms with Gasteiger partial charge >= 0.3 is 6.09 Å². The summed E-state index contributed by atoms with van der Waals surface area (Å²) in [7, 11) is 1.70. The zero-order chi connectivity index (χ0) is 21.6. The monoisotopic (exact) mass is 397 g/mol. The summed E-state index contributed by atoms with van der Waals surface area (Å²) in [6.45, 7) is 9.47. The molecule has 5 unspecified atom stereocenters. The summed E-state index contributed by atoms with van der Waals surface area (Å²) in [5.74, 6) is -0.996. The smallest absolute Gasteiger partial charge is 0.408 e. The van der Waals surface area contributed by atoms with Gasteiger partial charge in [-0.1, -0.05) is 39.0 Å². The number of hydrogen-bond acceptors (Lipinski definition) is 5. The molecule has 1 spiro atoms. The first-order chi connectivity index (χ1) is 14.0. The normalized spacial score (nSPS) is 50.4. The summed E-state index contributed by atoms with van der Waals surface area (Å²) in [6.07, 6.45) is -2.97. The molecule has 1 aromatic carbocycles. The Morgan fingerprint density at radius 1 is 1.34 bits per heavy atom. The summed E-state index contributed by atoms with van der Waals surface area (Å²) in [4.78, 5) is 28.0. The molecule has 2 aliphatic carbocycles. The highest BCUT2D eigenvalue weighted by molar-refractivity contribution is 6.08. The van der Waals surface area contributed by atoms with E-state index in [0.717, 1.165) is 0 Å². The lowest BCUT2D eigenvalue weighted by molar-refractivity contribution is -0.191. The molecule has 1 saturated carbocycles. The van der Waals surface area contributed by atoms with Gasteiger partial charge in [0.2, 0.25) is 0 Å². The fourth-order valence-corrected chi connectivity index (χ4v) is 6.88. The van der Waals surface area contributed by atoms with E-state index in [1.807, 2.05) is 19.9 Å². The topological polar surface area (TPSA) is 88.1 Å². The molecule has 1 aromatic rings. The van der Waals surface area contributed by atoms with Crippen LogP contribution in [-0.2, 0) is 25.4 Å². The lowest BCUT2D eigenvalue weighted by atomic mass is 9.51.